The first-order chi connectivity index (χ1) is 18.3. The molecule has 0 bridgehead atoms. The predicted molar refractivity (Wildman–Crippen MR) is 139 cm³/mol. The van der Waals surface area contributed by atoms with Crippen molar-refractivity contribution in [3.05, 3.63) is 29.8 Å². The lowest BCUT2D eigenvalue weighted by atomic mass is 10.0. The summed E-state index contributed by atoms with van der Waals surface area (Å²) in [7, 11) is 0. The molecule has 39 heavy (non-hydrogen) atoms. The molecule has 4 atom stereocenters. The van der Waals surface area contributed by atoms with Crippen molar-refractivity contribution in [2.75, 3.05) is 19.7 Å². The van der Waals surface area contributed by atoms with Crippen molar-refractivity contribution >= 4 is 35.6 Å². The SMILES string of the molecule is C[C@H](NC(=O)CNC(=O)[C@H](Cc1ccc(O)cc1)NC(=O)[C@@H](N)CCCN=C(N)N)C(=O)N[C@@H](CO)C(=O)O. The van der Waals surface area contributed by atoms with Crippen LogP contribution in [0.5, 0.6) is 5.75 Å². The van der Waals surface area contributed by atoms with Crippen LogP contribution < -0.4 is 38.5 Å². The van der Waals surface area contributed by atoms with Crippen LogP contribution >= 0.6 is 0 Å². The molecule has 0 aliphatic rings. The van der Waals surface area contributed by atoms with Gasteiger partial charge in [0.05, 0.1) is 19.2 Å². The third kappa shape index (κ3) is 12.6. The standard InChI is InChI=1S/C23H36N8O8/c1-12(19(35)31-17(11-32)22(38)39)29-18(34)10-28-21(37)16(9-13-4-6-14(33)7-5-13)30-20(36)15(24)3-2-8-27-23(25)26/h4-7,12,15-17,32-33H,2-3,8-11,24H2,1H3,(H,28,37)(H,29,34)(H,30,36)(H,31,35)(H,38,39)(H4,25,26,27)/t12-,15-,16-,17-/m0/s1. The maximum Gasteiger partial charge on any atom is 0.328 e. The number of guanidine groups is 1. The molecule has 16 heteroatoms. The number of nitrogens with two attached hydrogens (primary N) is 3. The van der Waals surface area contributed by atoms with Gasteiger partial charge in [0.1, 0.15) is 23.9 Å². The summed E-state index contributed by atoms with van der Waals surface area (Å²) in [5, 5.41) is 36.7. The Morgan fingerprint density at radius 2 is 1.56 bits per heavy atom. The molecule has 0 radical (unpaired) electrons. The second-order valence-electron chi connectivity index (χ2n) is 8.58. The molecule has 0 heterocycles. The van der Waals surface area contributed by atoms with Crippen molar-refractivity contribution in [1.29, 1.82) is 0 Å². The van der Waals surface area contributed by atoms with E-state index in [1.54, 1.807) is 12.1 Å². The first-order valence-corrected chi connectivity index (χ1v) is 11.9. The molecule has 1 aromatic rings. The molecule has 1 rings (SSSR count). The molecule has 0 aliphatic carbocycles. The van der Waals surface area contributed by atoms with E-state index in [2.05, 4.69) is 26.3 Å². The number of carboxylic acid groups (broad SMARTS) is 1. The molecule has 0 spiro atoms. The molecule has 0 saturated carbocycles. The smallest absolute Gasteiger partial charge is 0.328 e. The van der Waals surface area contributed by atoms with Gasteiger partial charge in [0, 0.05) is 13.0 Å². The normalized spacial score (nSPS) is 13.6. The summed E-state index contributed by atoms with van der Waals surface area (Å²) in [6, 6.07) is 1.11. The number of aromatic hydroxyl groups is 1. The number of hydrogen-bond donors (Lipinski definition) is 10. The van der Waals surface area contributed by atoms with Crippen molar-refractivity contribution in [2.24, 2.45) is 22.2 Å². The molecule has 0 saturated heterocycles. The van der Waals surface area contributed by atoms with Crippen molar-refractivity contribution < 1.29 is 39.3 Å². The topological polar surface area (TPSA) is 285 Å². The number of aliphatic carboxylic acids is 1. The van der Waals surface area contributed by atoms with Crippen LogP contribution in [0.4, 0.5) is 0 Å². The van der Waals surface area contributed by atoms with Crippen LogP contribution in [0.25, 0.3) is 0 Å². The first kappa shape index (κ1) is 32.6. The number of nitrogens with zero attached hydrogens (tertiary/aromatic N) is 1. The zero-order valence-corrected chi connectivity index (χ0v) is 21.4. The van der Waals surface area contributed by atoms with E-state index in [0.717, 1.165) is 0 Å². The van der Waals surface area contributed by atoms with Gasteiger partial charge < -0.3 is 53.8 Å². The van der Waals surface area contributed by atoms with Crippen molar-refractivity contribution in [3.63, 3.8) is 0 Å². The van der Waals surface area contributed by atoms with Gasteiger partial charge in [-0.3, -0.25) is 24.2 Å². The zero-order valence-electron chi connectivity index (χ0n) is 21.4. The lowest BCUT2D eigenvalue weighted by Gasteiger charge is -2.21. The summed E-state index contributed by atoms with van der Waals surface area (Å²) in [5.41, 5.74) is 17.0. The number of phenolic OH excluding ortho intramolecular Hbond substituents is 1. The van der Waals surface area contributed by atoms with Crippen LogP contribution in [-0.2, 0) is 30.4 Å². The minimum atomic E-state index is -1.54. The Bertz CT molecular complexity index is 1030. The number of benzene rings is 1. The highest BCUT2D eigenvalue weighted by Gasteiger charge is 2.26. The van der Waals surface area contributed by atoms with Crippen molar-refractivity contribution in [1.82, 2.24) is 21.3 Å². The van der Waals surface area contributed by atoms with Gasteiger partial charge in [0.2, 0.25) is 23.6 Å². The fourth-order valence-electron chi connectivity index (χ4n) is 3.14. The number of aliphatic imine (C=N–C) groups is 1. The molecule has 0 aliphatic heterocycles. The third-order valence-electron chi connectivity index (χ3n) is 5.30. The van der Waals surface area contributed by atoms with Gasteiger partial charge >= 0.3 is 5.97 Å². The quantitative estimate of drug-likeness (QED) is 0.0535. The zero-order chi connectivity index (χ0) is 29.5. The van der Waals surface area contributed by atoms with Crippen molar-refractivity contribution in [2.45, 2.75) is 50.4 Å². The molecule has 4 amide bonds. The van der Waals surface area contributed by atoms with Crippen LogP contribution in [0.2, 0.25) is 0 Å². The molecular formula is C23H36N8O8. The van der Waals surface area contributed by atoms with E-state index in [9.17, 15) is 29.1 Å². The fraction of sp³-hybridized carbons (Fsp3) is 0.478. The van der Waals surface area contributed by atoms with Crippen LogP contribution in [0.1, 0.15) is 25.3 Å². The summed E-state index contributed by atoms with van der Waals surface area (Å²) in [5.74, 6) is -4.50. The Morgan fingerprint density at radius 3 is 2.13 bits per heavy atom. The van der Waals surface area contributed by atoms with Gasteiger partial charge in [-0.1, -0.05) is 12.1 Å². The summed E-state index contributed by atoms with van der Waals surface area (Å²) in [6.07, 6.45) is 0.660. The summed E-state index contributed by atoms with van der Waals surface area (Å²) < 4.78 is 0. The average Bonchev–Trinajstić information content (AvgIpc) is 2.88. The Morgan fingerprint density at radius 1 is 0.949 bits per heavy atom. The molecular weight excluding hydrogens is 516 g/mol. The number of carbonyl (C=O) groups is 5. The monoisotopic (exact) mass is 552 g/mol. The van der Waals surface area contributed by atoms with E-state index in [-0.39, 0.29) is 31.1 Å². The Kier molecular flexibility index (Phi) is 13.7. The number of hydrogen-bond acceptors (Lipinski definition) is 9. The second kappa shape index (κ2) is 16.4. The summed E-state index contributed by atoms with van der Waals surface area (Å²) >= 11 is 0. The van der Waals surface area contributed by atoms with Gasteiger partial charge in [-0.2, -0.15) is 0 Å². The van der Waals surface area contributed by atoms with E-state index in [4.69, 9.17) is 27.4 Å². The number of nitrogens with one attached hydrogen (secondary N) is 4. The number of carboxylic acids is 1. The third-order valence-corrected chi connectivity index (χ3v) is 5.30. The highest BCUT2D eigenvalue weighted by Crippen LogP contribution is 2.12. The van der Waals surface area contributed by atoms with Gasteiger partial charge in [-0.15, -0.1) is 0 Å². The molecule has 13 N–H and O–H groups in total. The lowest BCUT2D eigenvalue weighted by Crippen LogP contribution is -2.55. The van der Waals surface area contributed by atoms with Gasteiger partial charge in [-0.25, -0.2) is 4.79 Å². The van der Waals surface area contributed by atoms with Gasteiger partial charge in [0.15, 0.2) is 5.96 Å². The van der Waals surface area contributed by atoms with E-state index in [1.807, 2.05) is 0 Å². The average molecular weight is 553 g/mol. The molecule has 1 aromatic carbocycles. The highest BCUT2D eigenvalue weighted by molar-refractivity contribution is 5.94. The van der Waals surface area contributed by atoms with Gasteiger partial charge in [0.25, 0.3) is 0 Å². The number of phenols is 1. The Hall–Kier alpha value is -4.44. The fourth-order valence-corrected chi connectivity index (χ4v) is 3.14. The first-order valence-electron chi connectivity index (χ1n) is 11.9. The molecule has 0 aromatic heterocycles. The second-order valence-corrected chi connectivity index (χ2v) is 8.58. The summed E-state index contributed by atoms with van der Waals surface area (Å²) in [6.45, 7) is 0.147. The number of aliphatic hydroxyl groups excluding tert-OH is 1. The number of amides is 4. The highest BCUT2D eigenvalue weighted by atomic mass is 16.4. The van der Waals surface area contributed by atoms with E-state index < -0.39 is 66.9 Å². The molecule has 216 valence electrons. The minimum absolute atomic E-state index is 0.00933. The van der Waals surface area contributed by atoms with E-state index in [0.29, 0.717) is 12.0 Å². The van der Waals surface area contributed by atoms with Crippen LogP contribution in [-0.4, -0.2) is 94.7 Å². The number of carbonyl (C=O) groups excluding carboxylic acids is 4. The maximum atomic E-state index is 12.9. The van der Waals surface area contributed by atoms with E-state index in [1.165, 1.54) is 19.1 Å². The van der Waals surface area contributed by atoms with Crippen LogP contribution in [0.15, 0.2) is 29.3 Å². The van der Waals surface area contributed by atoms with Crippen LogP contribution in [0.3, 0.4) is 0 Å². The molecule has 0 unspecified atom stereocenters. The number of aliphatic hydroxyl groups is 1. The Balaban J connectivity index is 2.77. The Labute approximate surface area is 224 Å². The maximum absolute atomic E-state index is 12.9. The largest absolute Gasteiger partial charge is 0.508 e. The lowest BCUT2D eigenvalue weighted by molar-refractivity contribution is -0.143. The predicted octanol–water partition coefficient (Wildman–Crippen LogP) is -4.02. The van der Waals surface area contributed by atoms with Crippen molar-refractivity contribution in [3.8, 4) is 5.75 Å². The number of rotatable bonds is 16. The molecule has 16 nitrogen and oxygen atoms in total. The molecule has 0 fully saturated rings. The summed E-state index contributed by atoms with van der Waals surface area (Å²) in [4.78, 5) is 64.6. The van der Waals surface area contributed by atoms with Gasteiger partial charge in [-0.05, 0) is 37.5 Å². The van der Waals surface area contributed by atoms with E-state index >= 15 is 0 Å². The minimum Gasteiger partial charge on any atom is -0.508 e. The van der Waals surface area contributed by atoms with Crippen LogP contribution in [0, 0.1) is 0 Å².